The molecule has 1 unspecified atom stereocenters. The fraction of sp³-hybridized carbons (Fsp3) is 0.545. The van der Waals surface area contributed by atoms with Crippen LogP contribution in [0.2, 0.25) is 0 Å². The third-order valence-corrected chi connectivity index (χ3v) is 6.02. The molecule has 5 N–H and O–H groups in total. The molecule has 0 aromatic heterocycles. The average molecular weight is 488 g/mol. The van der Waals surface area contributed by atoms with Crippen molar-refractivity contribution in [2.75, 3.05) is 25.4 Å². The monoisotopic (exact) mass is 487 g/mol. The maximum Gasteiger partial charge on any atom is 0.336 e. The molecule has 10 nitrogen and oxygen atoms in total. The van der Waals surface area contributed by atoms with Crippen molar-refractivity contribution in [2.45, 2.75) is 50.9 Å². The minimum Gasteiger partial charge on any atom is -0.481 e. The summed E-state index contributed by atoms with van der Waals surface area (Å²) in [5.74, 6) is -4.92. The molecule has 0 saturated heterocycles. The van der Waals surface area contributed by atoms with Crippen LogP contribution in [0.25, 0.3) is 0 Å². The van der Waals surface area contributed by atoms with E-state index in [4.69, 9.17) is 20.4 Å². The Bertz CT molecular complexity index is 780. The zero-order chi connectivity index (χ0) is 25.6. The zero-order valence-electron chi connectivity index (χ0n) is 19.1. The van der Waals surface area contributed by atoms with Crippen molar-refractivity contribution in [1.29, 1.82) is 0 Å². The van der Waals surface area contributed by atoms with E-state index in [0.717, 1.165) is 42.9 Å². The second kappa shape index (κ2) is 15.3. The molecule has 186 valence electrons. The van der Waals surface area contributed by atoms with Gasteiger partial charge in [0.25, 0.3) is 0 Å². The summed E-state index contributed by atoms with van der Waals surface area (Å²) < 4.78 is 0. The lowest BCUT2D eigenvalue weighted by atomic mass is 9.96. The van der Waals surface area contributed by atoms with E-state index in [9.17, 15) is 24.3 Å². The lowest BCUT2D eigenvalue weighted by Gasteiger charge is -2.20. The zero-order valence-corrected chi connectivity index (χ0v) is 19.9. The van der Waals surface area contributed by atoms with Crippen LogP contribution in [0.1, 0.15) is 50.0 Å². The number of benzene rings is 1. The third kappa shape index (κ3) is 11.2. The predicted octanol–water partition coefficient (Wildman–Crippen LogP) is 2.20. The minimum absolute atomic E-state index is 0.457. The lowest BCUT2D eigenvalue weighted by Crippen LogP contribution is -2.42. The highest BCUT2D eigenvalue weighted by Gasteiger charge is 2.40. The number of hydrogen-bond acceptors (Lipinski definition) is 7. The van der Waals surface area contributed by atoms with Gasteiger partial charge in [-0.15, -0.1) is 11.8 Å². The molecule has 1 atom stereocenters. The first kappa shape index (κ1) is 30.4. The first-order valence-electron chi connectivity index (χ1n) is 10.5. The number of rotatable bonds is 14. The van der Waals surface area contributed by atoms with Crippen molar-refractivity contribution >= 4 is 35.6 Å². The highest BCUT2D eigenvalue weighted by atomic mass is 32.2. The Balaban J connectivity index is 0.000000684. The Kier molecular flexibility index (Phi) is 14.0. The highest BCUT2D eigenvalue weighted by Crippen LogP contribution is 2.31. The number of carboxylic acid groups (broad SMARTS) is 4. The predicted molar refractivity (Wildman–Crippen MR) is 124 cm³/mol. The van der Waals surface area contributed by atoms with Crippen molar-refractivity contribution in [3.05, 3.63) is 35.4 Å². The number of aryl methyl sites for hydroxylation is 1. The number of thioether (sulfide) groups is 1. The molecule has 1 rings (SSSR count). The Morgan fingerprint density at radius 3 is 1.85 bits per heavy atom. The highest BCUT2D eigenvalue weighted by molar-refractivity contribution is 8.00. The summed E-state index contributed by atoms with van der Waals surface area (Å²) in [6, 6.07) is 7.87. The van der Waals surface area contributed by atoms with E-state index in [1.54, 1.807) is 0 Å². The number of carboxylic acids is 4. The van der Waals surface area contributed by atoms with Gasteiger partial charge in [0, 0.05) is 12.3 Å². The van der Waals surface area contributed by atoms with Gasteiger partial charge in [0.1, 0.15) is 5.25 Å². The van der Waals surface area contributed by atoms with Crippen LogP contribution in [0.5, 0.6) is 0 Å². The van der Waals surface area contributed by atoms with Crippen LogP contribution in [0.15, 0.2) is 24.3 Å². The molecule has 0 aliphatic rings. The average Bonchev–Trinajstić information content (AvgIpc) is 2.73. The topological polar surface area (TPSA) is 173 Å². The number of nitrogens with zero attached hydrogens (tertiary/aromatic N) is 1. The van der Waals surface area contributed by atoms with E-state index in [1.165, 1.54) is 11.8 Å². The maximum absolute atomic E-state index is 11.5. The summed E-state index contributed by atoms with van der Waals surface area (Å²) in [5.41, 5.74) is -0.653. The van der Waals surface area contributed by atoms with Crippen molar-refractivity contribution in [2.24, 2.45) is 0 Å². The Morgan fingerprint density at radius 1 is 0.939 bits per heavy atom. The first-order chi connectivity index (χ1) is 15.4. The molecule has 0 heterocycles. The van der Waals surface area contributed by atoms with Crippen LogP contribution in [-0.4, -0.2) is 85.3 Å². The van der Waals surface area contributed by atoms with Gasteiger partial charge in [-0.3, -0.25) is 14.4 Å². The van der Waals surface area contributed by atoms with Crippen LogP contribution in [0.4, 0.5) is 0 Å². The lowest BCUT2D eigenvalue weighted by molar-refractivity contribution is -0.170. The van der Waals surface area contributed by atoms with Crippen molar-refractivity contribution in [3.8, 4) is 0 Å². The molecule has 1 aromatic carbocycles. The van der Waals surface area contributed by atoms with Crippen LogP contribution in [-0.2, 0) is 25.6 Å². The molecule has 0 spiro atoms. The molecule has 0 radical (unpaired) electrons. The van der Waals surface area contributed by atoms with Gasteiger partial charge in [-0.25, -0.2) is 4.79 Å². The third-order valence-electron chi connectivity index (χ3n) is 4.81. The molecule has 0 bridgehead atoms. The van der Waals surface area contributed by atoms with Gasteiger partial charge in [-0.2, -0.15) is 0 Å². The molecule has 11 heteroatoms. The molecule has 0 aliphatic heterocycles. The quantitative estimate of drug-likeness (QED) is 0.260. The SMILES string of the molecule is CCc1ccccc1C(SCCN(CC)CC)C(=O)O.O=C(O)CC(O)(CC(=O)O)C(=O)O. The first-order valence-corrected chi connectivity index (χ1v) is 11.5. The fourth-order valence-corrected chi connectivity index (χ4v) is 4.11. The van der Waals surface area contributed by atoms with Crippen molar-refractivity contribution in [1.82, 2.24) is 4.90 Å². The van der Waals surface area contributed by atoms with Crippen molar-refractivity contribution in [3.63, 3.8) is 0 Å². The molecule has 0 fully saturated rings. The van der Waals surface area contributed by atoms with E-state index < -0.39 is 47.6 Å². The summed E-state index contributed by atoms with van der Waals surface area (Å²) in [4.78, 5) is 44.4. The molecule has 0 saturated carbocycles. The summed E-state index contributed by atoms with van der Waals surface area (Å²) in [5, 5.41) is 42.8. The number of aliphatic carboxylic acids is 4. The van der Waals surface area contributed by atoms with Crippen LogP contribution in [0, 0.1) is 0 Å². The van der Waals surface area contributed by atoms with E-state index in [1.807, 2.05) is 24.3 Å². The Labute approximate surface area is 197 Å². The van der Waals surface area contributed by atoms with Gasteiger partial charge in [0.05, 0.1) is 12.8 Å². The molecule has 33 heavy (non-hydrogen) atoms. The number of aliphatic hydroxyl groups is 1. The molecule has 0 aliphatic carbocycles. The maximum atomic E-state index is 11.5. The molecule has 0 amide bonds. The van der Waals surface area contributed by atoms with Crippen LogP contribution >= 0.6 is 11.8 Å². The van der Waals surface area contributed by atoms with E-state index in [0.29, 0.717) is 0 Å². The van der Waals surface area contributed by atoms with Crippen molar-refractivity contribution < 1.29 is 44.7 Å². The van der Waals surface area contributed by atoms with Gasteiger partial charge in [0.15, 0.2) is 5.60 Å². The second-order valence-electron chi connectivity index (χ2n) is 7.15. The van der Waals surface area contributed by atoms with E-state index >= 15 is 0 Å². The summed E-state index contributed by atoms with van der Waals surface area (Å²) >= 11 is 1.53. The molecular formula is C22H33NO9S. The second-order valence-corrected chi connectivity index (χ2v) is 8.36. The van der Waals surface area contributed by atoms with Gasteiger partial charge >= 0.3 is 23.9 Å². The Hall–Kier alpha value is -2.63. The van der Waals surface area contributed by atoms with Crippen LogP contribution < -0.4 is 0 Å². The van der Waals surface area contributed by atoms with Crippen LogP contribution in [0.3, 0.4) is 0 Å². The summed E-state index contributed by atoms with van der Waals surface area (Å²) in [7, 11) is 0. The largest absolute Gasteiger partial charge is 0.481 e. The normalized spacial score (nSPS) is 11.9. The Morgan fingerprint density at radius 2 is 1.45 bits per heavy atom. The summed E-state index contributed by atoms with van der Waals surface area (Å²) in [6.45, 7) is 9.30. The van der Waals surface area contributed by atoms with Gasteiger partial charge in [-0.1, -0.05) is 45.0 Å². The summed E-state index contributed by atoms with van der Waals surface area (Å²) in [6.07, 6.45) is -1.42. The van der Waals surface area contributed by atoms with Gasteiger partial charge in [0.2, 0.25) is 0 Å². The smallest absolute Gasteiger partial charge is 0.336 e. The molecule has 1 aromatic rings. The molecular weight excluding hydrogens is 454 g/mol. The van der Waals surface area contributed by atoms with E-state index in [-0.39, 0.29) is 0 Å². The standard InChI is InChI=1S/C16H25NO2S.C6H8O7/c1-4-13-9-7-8-10-14(13)15(16(18)19)20-12-11-17(5-2)6-3;7-3(8)1-6(13,5(11)12)2-4(9)10/h7-10,15H,4-6,11-12H2,1-3H3,(H,18,19);13H,1-2H2,(H,7,8)(H,9,10)(H,11,12). The van der Waals surface area contributed by atoms with Gasteiger partial charge in [-0.05, 0) is 30.6 Å². The van der Waals surface area contributed by atoms with Gasteiger partial charge < -0.3 is 30.4 Å². The number of hydrogen-bond donors (Lipinski definition) is 5. The number of carbonyl (C=O) groups is 4. The minimum atomic E-state index is -2.74. The fourth-order valence-electron chi connectivity index (χ4n) is 2.96. The van der Waals surface area contributed by atoms with E-state index in [2.05, 4.69) is 25.7 Å².